The van der Waals surface area contributed by atoms with Crippen molar-refractivity contribution >= 4 is 41.5 Å². The molecule has 136 valence electrons. The van der Waals surface area contributed by atoms with Gasteiger partial charge in [-0.2, -0.15) is 0 Å². The minimum atomic E-state index is -0.383. The van der Waals surface area contributed by atoms with Gasteiger partial charge < -0.3 is 15.0 Å². The van der Waals surface area contributed by atoms with Crippen LogP contribution in [0.15, 0.2) is 42.6 Å². The molecule has 0 bridgehead atoms. The second-order valence-corrected chi connectivity index (χ2v) is 5.63. The number of nitrogens with zero attached hydrogens (tertiary/aromatic N) is 2. The van der Waals surface area contributed by atoms with Gasteiger partial charge >= 0.3 is 5.97 Å². The van der Waals surface area contributed by atoms with Crippen molar-refractivity contribution in [2.45, 2.75) is 13.8 Å². The summed E-state index contributed by atoms with van der Waals surface area (Å²) < 4.78 is 5.38. The van der Waals surface area contributed by atoms with Crippen LogP contribution in [0.3, 0.4) is 0 Å². The maximum atomic E-state index is 12.3. The molecule has 1 N–H and O–H groups in total. The fourth-order valence-electron chi connectivity index (χ4n) is 2.22. The van der Waals surface area contributed by atoms with E-state index in [1.807, 2.05) is 12.1 Å². The summed E-state index contributed by atoms with van der Waals surface area (Å²) in [5, 5.41) is 3.77. The number of esters is 1. The molecule has 0 atom stereocenters. The minimum absolute atomic E-state index is 0. The minimum Gasteiger partial charge on any atom is -0.461 e. The summed E-state index contributed by atoms with van der Waals surface area (Å²) >= 11 is 5.88. The zero-order valence-corrected chi connectivity index (χ0v) is 15.9. The zero-order chi connectivity index (χ0) is 17.4. The summed E-state index contributed by atoms with van der Waals surface area (Å²) in [6, 6.07) is 10.6. The lowest BCUT2D eigenvalue weighted by atomic mass is 10.2. The van der Waals surface area contributed by atoms with Crippen LogP contribution in [0.4, 0.5) is 11.5 Å². The monoisotopic (exact) mass is 383 g/mol. The maximum absolute atomic E-state index is 12.3. The van der Waals surface area contributed by atoms with E-state index in [0.717, 1.165) is 25.3 Å². The molecular formula is C18H23Cl2N3O2. The van der Waals surface area contributed by atoms with Crippen molar-refractivity contribution in [2.75, 3.05) is 31.6 Å². The Morgan fingerprint density at radius 3 is 2.52 bits per heavy atom. The first kappa shape index (κ1) is 21.2. The molecule has 0 saturated heterocycles. The molecule has 2 aromatic rings. The third-order valence-electron chi connectivity index (χ3n) is 3.67. The van der Waals surface area contributed by atoms with Crippen molar-refractivity contribution in [1.82, 2.24) is 9.88 Å². The lowest BCUT2D eigenvalue weighted by Crippen LogP contribution is -2.28. The summed E-state index contributed by atoms with van der Waals surface area (Å²) in [4.78, 5) is 18.8. The average molecular weight is 384 g/mol. The molecule has 0 fully saturated rings. The molecule has 25 heavy (non-hydrogen) atoms. The molecule has 0 spiro atoms. The molecule has 0 amide bonds. The van der Waals surface area contributed by atoms with E-state index in [2.05, 4.69) is 29.0 Å². The normalized spacial score (nSPS) is 10.2. The molecular weight excluding hydrogens is 361 g/mol. The number of nitrogens with one attached hydrogen (secondary N) is 1. The van der Waals surface area contributed by atoms with E-state index >= 15 is 0 Å². The Kier molecular flexibility index (Phi) is 9.27. The molecule has 0 aliphatic rings. The van der Waals surface area contributed by atoms with Gasteiger partial charge in [-0.25, -0.2) is 9.78 Å². The number of anilines is 2. The number of carbonyl (C=O) groups excluding carboxylic acids is 1. The fraction of sp³-hybridized carbons (Fsp3) is 0.333. The van der Waals surface area contributed by atoms with Gasteiger partial charge in [0.1, 0.15) is 18.0 Å². The van der Waals surface area contributed by atoms with Crippen LogP contribution in [-0.2, 0) is 4.74 Å². The average Bonchev–Trinajstić information content (AvgIpc) is 2.61. The molecule has 5 nitrogen and oxygen atoms in total. The van der Waals surface area contributed by atoms with Crippen LogP contribution in [0, 0.1) is 0 Å². The number of likely N-dealkylation sites (N-methyl/N-ethyl adjacent to an activating group) is 1. The molecule has 0 aliphatic carbocycles. The summed E-state index contributed by atoms with van der Waals surface area (Å²) in [5.74, 6) is 0.0828. The third-order valence-corrected chi connectivity index (χ3v) is 3.92. The SMILES string of the molecule is CCN(CC)CCOC(=O)c1cccnc1Nc1ccc(Cl)cc1.Cl. The van der Waals surface area contributed by atoms with Gasteiger partial charge in [0.25, 0.3) is 0 Å². The Labute approximate surface area is 159 Å². The Hall–Kier alpha value is -1.82. The van der Waals surface area contributed by atoms with Crippen molar-refractivity contribution in [3.63, 3.8) is 0 Å². The van der Waals surface area contributed by atoms with Gasteiger partial charge in [0.05, 0.1) is 0 Å². The van der Waals surface area contributed by atoms with Crippen LogP contribution in [0.25, 0.3) is 0 Å². The van der Waals surface area contributed by atoms with E-state index in [-0.39, 0.29) is 18.4 Å². The summed E-state index contributed by atoms with van der Waals surface area (Å²) in [6.45, 7) is 7.12. The second kappa shape index (κ2) is 10.9. The third kappa shape index (κ3) is 6.53. The first-order valence-corrected chi connectivity index (χ1v) is 8.39. The van der Waals surface area contributed by atoms with Crippen molar-refractivity contribution in [3.8, 4) is 0 Å². The van der Waals surface area contributed by atoms with E-state index in [9.17, 15) is 4.79 Å². The molecule has 1 aromatic heterocycles. The molecule has 0 aliphatic heterocycles. The topological polar surface area (TPSA) is 54.5 Å². The van der Waals surface area contributed by atoms with E-state index in [1.54, 1.807) is 30.5 Å². The van der Waals surface area contributed by atoms with Crippen molar-refractivity contribution in [1.29, 1.82) is 0 Å². The first-order chi connectivity index (χ1) is 11.6. The zero-order valence-electron chi connectivity index (χ0n) is 14.4. The molecule has 0 radical (unpaired) electrons. The number of hydrogen-bond donors (Lipinski definition) is 1. The molecule has 7 heteroatoms. The largest absolute Gasteiger partial charge is 0.461 e. The summed E-state index contributed by atoms with van der Waals surface area (Å²) in [5.41, 5.74) is 1.21. The van der Waals surface area contributed by atoms with Crippen molar-refractivity contribution in [2.24, 2.45) is 0 Å². The van der Waals surface area contributed by atoms with Crippen LogP contribution < -0.4 is 5.32 Å². The summed E-state index contributed by atoms with van der Waals surface area (Å²) in [6.07, 6.45) is 1.63. The lowest BCUT2D eigenvalue weighted by Gasteiger charge is -2.17. The highest BCUT2D eigenvalue weighted by Crippen LogP contribution is 2.20. The Balaban J connectivity index is 0.00000312. The molecule has 0 unspecified atom stereocenters. The number of benzene rings is 1. The number of carbonyl (C=O) groups is 1. The smallest absolute Gasteiger partial charge is 0.341 e. The van der Waals surface area contributed by atoms with E-state index in [0.29, 0.717) is 23.0 Å². The van der Waals surface area contributed by atoms with Crippen LogP contribution in [0.2, 0.25) is 5.02 Å². The van der Waals surface area contributed by atoms with E-state index in [1.165, 1.54) is 0 Å². The van der Waals surface area contributed by atoms with Gasteiger partial charge in [-0.1, -0.05) is 25.4 Å². The van der Waals surface area contributed by atoms with Crippen molar-refractivity contribution < 1.29 is 9.53 Å². The molecule has 1 heterocycles. The number of aromatic nitrogens is 1. The number of hydrogen-bond acceptors (Lipinski definition) is 5. The molecule has 2 rings (SSSR count). The highest BCUT2D eigenvalue weighted by molar-refractivity contribution is 6.30. The number of ether oxygens (including phenoxy) is 1. The van der Waals surface area contributed by atoms with Gasteiger partial charge in [-0.05, 0) is 49.5 Å². The van der Waals surface area contributed by atoms with Gasteiger partial charge in [0.15, 0.2) is 0 Å². The first-order valence-electron chi connectivity index (χ1n) is 8.01. The van der Waals surface area contributed by atoms with Crippen LogP contribution in [-0.4, -0.2) is 42.1 Å². The standard InChI is InChI=1S/C18H22ClN3O2.ClH/c1-3-22(4-2)12-13-24-18(23)16-6-5-11-20-17(16)21-15-9-7-14(19)8-10-15;/h5-11H,3-4,12-13H2,1-2H3,(H,20,21);1H. The summed E-state index contributed by atoms with van der Waals surface area (Å²) in [7, 11) is 0. The highest BCUT2D eigenvalue weighted by atomic mass is 35.5. The Morgan fingerprint density at radius 1 is 1.20 bits per heavy atom. The Bertz CT molecular complexity index is 662. The van der Waals surface area contributed by atoms with Crippen LogP contribution in [0.1, 0.15) is 24.2 Å². The second-order valence-electron chi connectivity index (χ2n) is 5.19. The number of halogens is 2. The van der Waals surface area contributed by atoms with Crippen molar-refractivity contribution in [3.05, 3.63) is 53.2 Å². The molecule has 1 aromatic carbocycles. The number of rotatable bonds is 8. The highest BCUT2D eigenvalue weighted by Gasteiger charge is 2.14. The predicted molar refractivity (Wildman–Crippen MR) is 104 cm³/mol. The predicted octanol–water partition coefficient (Wildman–Crippen LogP) is 4.40. The van der Waals surface area contributed by atoms with Crippen LogP contribution >= 0.6 is 24.0 Å². The van der Waals surface area contributed by atoms with E-state index in [4.69, 9.17) is 16.3 Å². The van der Waals surface area contributed by atoms with Gasteiger partial charge in [-0.3, -0.25) is 0 Å². The fourth-order valence-corrected chi connectivity index (χ4v) is 2.35. The lowest BCUT2D eigenvalue weighted by molar-refractivity contribution is 0.0467. The van der Waals surface area contributed by atoms with Gasteiger partial charge in [-0.15, -0.1) is 12.4 Å². The van der Waals surface area contributed by atoms with E-state index < -0.39 is 0 Å². The van der Waals surface area contributed by atoms with Gasteiger partial charge in [0.2, 0.25) is 0 Å². The quantitative estimate of drug-likeness (QED) is 0.684. The number of pyridine rings is 1. The molecule has 0 saturated carbocycles. The maximum Gasteiger partial charge on any atom is 0.341 e. The Morgan fingerprint density at radius 2 is 1.88 bits per heavy atom. The van der Waals surface area contributed by atoms with Gasteiger partial charge in [0, 0.05) is 23.5 Å². The van der Waals surface area contributed by atoms with Crippen LogP contribution in [0.5, 0.6) is 0 Å².